The molecule has 1 aliphatic rings. The highest BCUT2D eigenvalue weighted by Crippen LogP contribution is 2.36. The molecule has 0 unspecified atom stereocenters. The topological polar surface area (TPSA) is 93.8 Å². The van der Waals surface area contributed by atoms with Crippen LogP contribution in [0, 0.1) is 5.82 Å². The van der Waals surface area contributed by atoms with Gasteiger partial charge in [-0.2, -0.15) is 0 Å². The maximum Gasteiger partial charge on any atom is 0.346 e. The van der Waals surface area contributed by atoms with Gasteiger partial charge in [-0.05, 0) is 42.7 Å². The number of carbonyl (C=O) groups excluding carboxylic acids is 1. The van der Waals surface area contributed by atoms with E-state index in [1.165, 1.54) is 16.8 Å². The summed E-state index contributed by atoms with van der Waals surface area (Å²) in [6.07, 6.45) is 5.28. The SMILES string of the molecule is O=C(NCCn1nc(-c2cccnc2)n(C2CC2)c1=O)NCc1ccc(F)cc1. The zero-order chi connectivity index (χ0) is 20.2. The number of nitrogens with zero attached hydrogens (tertiary/aromatic N) is 4. The van der Waals surface area contributed by atoms with E-state index in [0.29, 0.717) is 5.82 Å². The second-order valence-electron chi connectivity index (χ2n) is 6.91. The number of aromatic nitrogens is 4. The number of rotatable bonds is 7. The summed E-state index contributed by atoms with van der Waals surface area (Å²) < 4.78 is 16.0. The van der Waals surface area contributed by atoms with Crippen LogP contribution in [0.4, 0.5) is 9.18 Å². The molecule has 1 fully saturated rings. The Morgan fingerprint density at radius 3 is 2.66 bits per heavy atom. The first kappa shape index (κ1) is 18.9. The van der Waals surface area contributed by atoms with Crippen molar-refractivity contribution in [2.45, 2.75) is 32.0 Å². The summed E-state index contributed by atoms with van der Waals surface area (Å²) >= 11 is 0. The van der Waals surface area contributed by atoms with Crippen molar-refractivity contribution in [2.75, 3.05) is 6.54 Å². The van der Waals surface area contributed by atoms with Crippen molar-refractivity contribution in [1.29, 1.82) is 0 Å². The molecule has 0 bridgehead atoms. The highest BCUT2D eigenvalue weighted by Gasteiger charge is 2.30. The molecule has 2 aromatic heterocycles. The lowest BCUT2D eigenvalue weighted by Crippen LogP contribution is -2.38. The molecule has 4 rings (SSSR count). The number of hydrogen-bond donors (Lipinski definition) is 2. The number of carbonyl (C=O) groups is 1. The van der Waals surface area contributed by atoms with Crippen molar-refractivity contribution in [3.8, 4) is 11.4 Å². The van der Waals surface area contributed by atoms with Gasteiger partial charge in [0, 0.05) is 37.1 Å². The Bertz CT molecular complexity index is 1040. The van der Waals surface area contributed by atoms with Crippen molar-refractivity contribution in [1.82, 2.24) is 30.0 Å². The van der Waals surface area contributed by atoms with E-state index in [1.807, 2.05) is 12.1 Å². The van der Waals surface area contributed by atoms with Crippen LogP contribution in [0.1, 0.15) is 24.4 Å². The predicted octanol–water partition coefficient (Wildman–Crippen LogP) is 2.08. The van der Waals surface area contributed by atoms with E-state index in [9.17, 15) is 14.0 Å². The Morgan fingerprint density at radius 2 is 1.97 bits per heavy atom. The zero-order valence-corrected chi connectivity index (χ0v) is 15.7. The number of amides is 2. The van der Waals surface area contributed by atoms with Gasteiger partial charge in [0.05, 0.1) is 6.54 Å². The summed E-state index contributed by atoms with van der Waals surface area (Å²) in [4.78, 5) is 28.8. The number of nitrogens with one attached hydrogen (secondary N) is 2. The molecule has 0 saturated heterocycles. The minimum absolute atomic E-state index is 0.179. The van der Waals surface area contributed by atoms with Crippen LogP contribution in [0.2, 0.25) is 0 Å². The van der Waals surface area contributed by atoms with Gasteiger partial charge in [0.15, 0.2) is 5.82 Å². The van der Waals surface area contributed by atoms with Crippen LogP contribution in [-0.2, 0) is 13.1 Å². The molecule has 0 atom stereocenters. The summed E-state index contributed by atoms with van der Waals surface area (Å²) in [5.41, 5.74) is 1.40. The standard InChI is InChI=1S/C20H21FN6O2/c21-16-5-3-14(4-6-16)12-24-19(28)23-10-11-26-20(29)27(17-7-8-17)18(25-26)15-2-1-9-22-13-15/h1-6,9,13,17H,7-8,10-12H2,(H2,23,24,28). The lowest BCUT2D eigenvalue weighted by Gasteiger charge is -2.07. The van der Waals surface area contributed by atoms with E-state index in [-0.39, 0.29) is 43.2 Å². The quantitative estimate of drug-likeness (QED) is 0.639. The predicted molar refractivity (Wildman–Crippen MR) is 105 cm³/mol. The van der Waals surface area contributed by atoms with E-state index >= 15 is 0 Å². The lowest BCUT2D eigenvalue weighted by atomic mass is 10.2. The van der Waals surface area contributed by atoms with Crippen LogP contribution >= 0.6 is 0 Å². The molecule has 0 aliphatic heterocycles. The Hall–Kier alpha value is -3.49. The van der Waals surface area contributed by atoms with Crippen LogP contribution in [0.15, 0.2) is 53.6 Å². The molecule has 2 amide bonds. The number of benzene rings is 1. The summed E-state index contributed by atoms with van der Waals surface area (Å²) in [7, 11) is 0. The lowest BCUT2D eigenvalue weighted by molar-refractivity contribution is 0.240. The van der Waals surface area contributed by atoms with Crippen LogP contribution in [-0.4, -0.2) is 31.9 Å². The molecule has 2 N–H and O–H groups in total. The summed E-state index contributed by atoms with van der Waals surface area (Å²) in [5.74, 6) is 0.284. The first-order valence-electron chi connectivity index (χ1n) is 9.48. The molecule has 150 valence electrons. The van der Waals surface area contributed by atoms with Crippen molar-refractivity contribution in [3.63, 3.8) is 0 Å². The highest BCUT2D eigenvalue weighted by molar-refractivity contribution is 5.73. The van der Waals surface area contributed by atoms with Crippen molar-refractivity contribution < 1.29 is 9.18 Å². The van der Waals surface area contributed by atoms with Crippen molar-refractivity contribution in [3.05, 3.63) is 70.7 Å². The minimum atomic E-state index is -0.364. The molecule has 1 saturated carbocycles. The average molecular weight is 396 g/mol. The van der Waals surface area contributed by atoms with Crippen LogP contribution in [0.5, 0.6) is 0 Å². The Kier molecular flexibility index (Phi) is 5.37. The summed E-state index contributed by atoms with van der Waals surface area (Å²) in [6, 6.07) is 9.41. The third-order valence-electron chi connectivity index (χ3n) is 4.68. The minimum Gasteiger partial charge on any atom is -0.336 e. The largest absolute Gasteiger partial charge is 0.346 e. The molecule has 3 aromatic rings. The molecule has 29 heavy (non-hydrogen) atoms. The average Bonchev–Trinajstić information content (AvgIpc) is 3.52. The number of hydrogen-bond acceptors (Lipinski definition) is 4. The van der Waals surface area contributed by atoms with Gasteiger partial charge in [-0.1, -0.05) is 12.1 Å². The number of halogens is 1. The molecule has 1 aromatic carbocycles. The van der Waals surface area contributed by atoms with Crippen LogP contribution in [0.25, 0.3) is 11.4 Å². The molecule has 9 heteroatoms. The second kappa shape index (κ2) is 8.26. The Morgan fingerprint density at radius 1 is 1.17 bits per heavy atom. The van der Waals surface area contributed by atoms with E-state index in [4.69, 9.17) is 0 Å². The van der Waals surface area contributed by atoms with E-state index in [0.717, 1.165) is 24.0 Å². The zero-order valence-electron chi connectivity index (χ0n) is 15.7. The third-order valence-corrected chi connectivity index (χ3v) is 4.68. The van der Waals surface area contributed by atoms with E-state index in [2.05, 4.69) is 20.7 Å². The van der Waals surface area contributed by atoms with Crippen LogP contribution in [0.3, 0.4) is 0 Å². The first-order chi connectivity index (χ1) is 14.1. The van der Waals surface area contributed by atoms with Gasteiger partial charge in [0.1, 0.15) is 5.82 Å². The van der Waals surface area contributed by atoms with Crippen molar-refractivity contribution >= 4 is 6.03 Å². The Labute approximate surface area is 166 Å². The second-order valence-corrected chi connectivity index (χ2v) is 6.91. The first-order valence-corrected chi connectivity index (χ1v) is 9.48. The molecule has 1 aliphatic carbocycles. The fourth-order valence-corrected chi connectivity index (χ4v) is 3.04. The van der Waals surface area contributed by atoms with E-state index < -0.39 is 0 Å². The van der Waals surface area contributed by atoms with Gasteiger partial charge in [0.2, 0.25) is 0 Å². The number of pyridine rings is 1. The summed E-state index contributed by atoms with van der Waals surface area (Å²) in [6.45, 7) is 0.798. The fourth-order valence-electron chi connectivity index (χ4n) is 3.04. The van der Waals surface area contributed by atoms with Gasteiger partial charge < -0.3 is 10.6 Å². The molecular weight excluding hydrogens is 375 g/mol. The highest BCUT2D eigenvalue weighted by atomic mass is 19.1. The van der Waals surface area contributed by atoms with Gasteiger partial charge in [-0.3, -0.25) is 9.55 Å². The molecule has 8 nitrogen and oxygen atoms in total. The van der Waals surface area contributed by atoms with Gasteiger partial charge in [-0.15, -0.1) is 5.10 Å². The molecule has 0 spiro atoms. The maximum absolute atomic E-state index is 12.9. The third kappa shape index (κ3) is 4.50. The number of urea groups is 1. The Balaban J connectivity index is 1.35. The smallest absolute Gasteiger partial charge is 0.336 e. The monoisotopic (exact) mass is 396 g/mol. The van der Waals surface area contributed by atoms with Crippen LogP contribution < -0.4 is 16.3 Å². The molecular formula is C20H21FN6O2. The summed E-state index contributed by atoms with van der Waals surface area (Å²) in [5, 5.41) is 9.86. The van der Waals surface area contributed by atoms with E-state index in [1.54, 1.807) is 29.1 Å². The molecule has 2 heterocycles. The van der Waals surface area contributed by atoms with Crippen molar-refractivity contribution in [2.24, 2.45) is 0 Å². The normalized spacial score (nSPS) is 13.3. The van der Waals surface area contributed by atoms with Gasteiger partial charge in [-0.25, -0.2) is 18.7 Å². The van der Waals surface area contributed by atoms with Gasteiger partial charge in [0.25, 0.3) is 0 Å². The molecule has 0 radical (unpaired) electrons. The maximum atomic E-state index is 12.9. The van der Waals surface area contributed by atoms with Gasteiger partial charge >= 0.3 is 11.7 Å². The fraction of sp³-hybridized carbons (Fsp3) is 0.300.